The third kappa shape index (κ3) is 6.05. The molecule has 9 heteroatoms. The number of piperidine rings is 2. The number of hydrogen-bond donors (Lipinski definition) is 1. The van der Waals surface area contributed by atoms with Gasteiger partial charge >= 0.3 is 5.97 Å². The molecule has 2 atom stereocenters. The second kappa shape index (κ2) is 10.2. The van der Waals surface area contributed by atoms with Crippen molar-refractivity contribution < 1.29 is 23.9 Å². The Bertz CT molecular complexity index is 1010. The van der Waals surface area contributed by atoms with Gasteiger partial charge in [-0.15, -0.1) is 0 Å². The third-order valence-corrected chi connectivity index (χ3v) is 7.60. The topological polar surface area (TPSA) is 109 Å². The van der Waals surface area contributed by atoms with Crippen molar-refractivity contribution in [2.24, 2.45) is 11.3 Å². The third-order valence-electron chi connectivity index (χ3n) is 7.60. The number of likely N-dealkylation sites (tertiary alicyclic amines) is 1. The molecule has 3 aliphatic heterocycles. The fraction of sp³-hybridized carbons (Fsp3) is 0.667. The van der Waals surface area contributed by atoms with Crippen molar-refractivity contribution in [3.63, 3.8) is 0 Å². The van der Waals surface area contributed by atoms with Crippen LogP contribution in [-0.2, 0) is 23.9 Å². The molecule has 3 fully saturated rings. The van der Waals surface area contributed by atoms with Crippen LogP contribution >= 0.6 is 0 Å². The Morgan fingerprint density at radius 3 is 2.47 bits per heavy atom. The fourth-order valence-corrected chi connectivity index (χ4v) is 5.24. The van der Waals surface area contributed by atoms with Gasteiger partial charge in [0.15, 0.2) is 0 Å². The number of carbonyl (C=O) groups is 4. The van der Waals surface area contributed by atoms with Crippen LogP contribution in [0, 0.1) is 11.3 Å². The summed E-state index contributed by atoms with van der Waals surface area (Å²) in [5.74, 6) is 0.249. The first-order chi connectivity index (χ1) is 16.9. The Labute approximate surface area is 212 Å². The van der Waals surface area contributed by atoms with Gasteiger partial charge in [-0.25, -0.2) is 4.98 Å². The molecule has 0 saturated carbocycles. The molecule has 9 nitrogen and oxygen atoms in total. The van der Waals surface area contributed by atoms with Gasteiger partial charge < -0.3 is 14.5 Å². The van der Waals surface area contributed by atoms with Gasteiger partial charge in [-0.3, -0.25) is 24.5 Å². The molecule has 1 aromatic rings. The zero-order valence-corrected chi connectivity index (χ0v) is 21.8. The van der Waals surface area contributed by atoms with Crippen LogP contribution in [0.1, 0.15) is 77.7 Å². The van der Waals surface area contributed by atoms with E-state index in [0.717, 1.165) is 30.9 Å². The van der Waals surface area contributed by atoms with E-state index in [1.807, 2.05) is 44.7 Å². The lowest BCUT2D eigenvalue weighted by Crippen LogP contribution is -2.47. The number of imide groups is 1. The van der Waals surface area contributed by atoms with Crippen LogP contribution in [0.25, 0.3) is 0 Å². The molecule has 1 aromatic heterocycles. The summed E-state index contributed by atoms with van der Waals surface area (Å²) >= 11 is 0. The van der Waals surface area contributed by atoms with Gasteiger partial charge in [-0.2, -0.15) is 0 Å². The molecule has 0 aromatic carbocycles. The van der Waals surface area contributed by atoms with Crippen LogP contribution in [0.3, 0.4) is 0 Å². The summed E-state index contributed by atoms with van der Waals surface area (Å²) in [7, 11) is 0. The van der Waals surface area contributed by atoms with E-state index in [2.05, 4.69) is 15.2 Å². The molecule has 3 saturated heterocycles. The summed E-state index contributed by atoms with van der Waals surface area (Å²) in [5.41, 5.74) is -0.236. The first-order valence-corrected chi connectivity index (χ1v) is 13.0. The van der Waals surface area contributed by atoms with Gasteiger partial charge in [0.25, 0.3) is 0 Å². The number of nitrogens with zero attached hydrogens (tertiary/aromatic N) is 3. The first-order valence-electron chi connectivity index (χ1n) is 13.0. The lowest BCUT2D eigenvalue weighted by atomic mass is 9.80. The standard InChI is InChI=1S/C27H38N4O5/c1-26(2,3)36-25(35)27(4)10-13-30(14-11-27)23(33)15-18-9-12-31(17-18)21-7-5-19(16-28-21)20-6-8-22(32)29-24(20)34/h5,7,16,18,20H,6,8-15,17H2,1-4H3,(H,29,32,34)/t18-,20?/m1/s1. The number of nitrogens with one attached hydrogen (secondary N) is 1. The number of rotatable bonds is 5. The Hall–Kier alpha value is -2.97. The molecule has 1 unspecified atom stereocenters. The van der Waals surface area contributed by atoms with Crippen molar-refractivity contribution in [3.8, 4) is 0 Å². The molecule has 3 aliphatic rings. The lowest BCUT2D eigenvalue weighted by Gasteiger charge is -2.39. The minimum Gasteiger partial charge on any atom is -0.460 e. The summed E-state index contributed by atoms with van der Waals surface area (Å²) in [6.07, 6.45) is 5.23. The minimum atomic E-state index is -0.542. The van der Waals surface area contributed by atoms with Crippen molar-refractivity contribution in [3.05, 3.63) is 23.9 Å². The number of pyridine rings is 1. The number of amides is 3. The molecule has 4 rings (SSSR count). The van der Waals surface area contributed by atoms with Gasteiger partial charge in [-0.1, -0.05) is 6.07 Å². The molecule has 36 heavy (non-hydrogen) atoms. The maximum absolute atomic E-state index is 13.0. The number of hydrogen-bond acceptors (Lipinski definition) is 7. The van der Waals surface area contributed by atoms with E-state index in [-0.39, 0.29) is 35.5 Å². The van der Waals surface area contributed by atoms with Gasteiger partial charge in [0, 0.05) is 45.2 Å². The molecular weight excluding hydrogens is 460 g/mol. The Morgan fingerprint density at radius 1 is 1.14 bits per heavy atom. The summed E-state index contributed by atoms with van der Waals surface area (Å²) in [4.78, 5) is 57.8. The second-order valence-electron chi connectivity index (χ2n) is 11.7. The van der Waals surface area contributed by atoms with Crippen molar-refractivity contribution in [1.29, 1.82) is 0 Å². The highest BCUT2D eigenvalue weighted by atomic mass is 16.6. The molecule has 4 heterocycles. The van der Waals surface area contributed by atoms with Crippen molar-refractivity contribution in [2.75, 3.05) is 31.1 Å². The van der Waals surface area contributed by atoms with E-state index in [1.165, 1.54) is 0 Å². The molecule has 3 amide bonds. The number of carbonyl (C=O) groups excluding carboxylic acids is 4. The van der Waals surface area contributed by atoms with E-state index < -0.39 is 11.0 Å². The molecule has 0 bridgehead atoms. The average molecular weight is 499 g/mol. The number of anilines is 1. The molecule has 196 valence electrons. The molecule has 0 aliphatic carbocycles. The monoisotopic (exact) mass is 498 g/mol. The summed E-state index contributed by atoms with van der Waals surface area (Å²) in [6, 6.07) is 3.83. The van der Waals surface area contributed by atoms with Gasteiger partial charge in [0.05, 0.1) is 11.3 Å². The molecular formula is C27H38N4O5. The highest BCUT2D eigenvalue weighted by Crippen LogP contribution is 2.35. The lowest BCUT2D eigenvalue weighted by molar-refractivity contribution is -0.170. The predicted molar refractivity (Wildman–Crippen MR) is 134 cm³/mol. The number of aromatic nitrogens is 1. The van der Waals surface area contributed by atoms with E-state index >= 15 is 0 Å². The molecule has 0 radical (unpaired) electrons. The van der Waals surface area contributed by atoms with Crippen molar-refractivity contribution in [1.82, 2.24) is 15.2 Å². The largest absolute Gasteiger partial charge is 0.460 e. The minimum absolute atomic E-state index is 0.147. The SMILES string of the molecule is CC(C)(C)OC(=O)C1(C)CCN(C(=O)C[C@H]2CCN(c3ccc(C4CCC(=O)NC4=O)cn3)C2)CC1. The smallest absolute Gasteiger partial charge is 0.312 e. The Balaban J connectivity index is 1.25. The highest BCUT2D eigenvalue weighted by Gasteiger charge is 2.41. The normalized spacial score (nSPS) is 24.4. The Kier molecular flexibility index (Phi) is 7.38. The molecule has 0 spiro atoms. The number of ether oxygens (including phenoxy) is 1. The van der Waals surface area contributed by atoms with Crippen LogP contribution in [0.5, 0.6) is 0 Å². The van der Waals surface area contributed by atoms with E-state index in [0.29, 0.717) is 45.2 Å². The second-order valence-corrected chi connectivity index (χ2v) is 11.7. The van der Waals surface area contributed by atoms with Crippen LogP contribution in [-0.4, -0.2) is 65.4 Å². The zero-order chi connectivity index (χ0) is 26.1. The van der Waals surface area contributed by atoms with Gasteiger partial charge in [-0.05, 0) is 70.9 Å². The maximum Gasteiger partial charge on any atom is 0.312 e. The predicted octanol–water partition coefficient (Wildman–Crippen LogP) is 2.79. The highest BCUT2D eigenvalue weighted by molar-refractivity contribution is 6.00. The van der Waals surface area contributed by atoms with E-state index in [4.69, 9.17) is 4.74 Å². The maximum atomic E-state index is 13.0. The van der Waals surface area contributed by atoms with Crippen molar-refractivity contribution >= 4 is 29.5 Å². The van der Waals surface area contributed by atoms with E-state index in [9.17, 15) is 19.2 Å². The average Bonchev–Trinajstić information content (AvgIpc) is 3.27. The number of esters is 1. The van der Waals surface area contributed by atoms with Crippen LogP contribution in [0.4, 0.5) is 5.82 Å². The zero-order valence-electron chi connectivity index (χ0n) is 21.8. The van der Waals surface area contributed by atoms with Crippen LogP contribution in [0.15, 0.2) is 18.3 Å². The summed E-state index contributed by atoms with van der Waals surface area (Å²) in [5, 5.41) is 2.39. The molecule has 1 N–H and O–H groups in total. The first kappa shape index (κ1) is 26.1. The summed E-state index contributed by atoms with van der Waals surface area (Å²) in [6.45, 7) is 10.3. The quantitative estimate of drug-likeness (QED) is 0.491. The van der Waals surface area contributed by atoms with Gasteiger partial charge in [0.1, 0.15) is 11.4 Å². The van der Waals surface area contributed by atoms with Gasteiger partial charge in [0.2, 0.25) is 17.7 Å². The van der Waals surface area contributed by atoms with E-state index in [1.54, 1.807) is 6.20 Å². The summed E-state index contributed by atoms with van der Waals surface area (Å²) < 4.78 is 5.60. The Morgan fingerprint density at radius 2 is 1.86 bits per heavy atom. The van der Waals surface area contributed by atoms with Crippen LogP contribution < -0.4 is 10.2 Å². The fourth-order valence-electron chi connectivity index (χ4n) is 5.24. The van der Waals surface area contributed by atoms with Crippen molar-refractivity contribution in [2.45, 2.75) is 77.7 Å². The van der Waals surface area contributed by atoms with Crippen LogP contribution in [0.2, 0.25) is 0 Å².